The SMILES string of the molecule is COC(=O)CC[NH+]1CCC1. The van der Waals surface area contributed by atoms with E-state index < -0.39 is 0 Å². The maximum absolute atomic E-state index is 10.6. The van der Waals surface area contributed by atoms with Gasteiger partial charge in [-0.2, -0.15) is 0 Å². The molecule has 0 atom stereocenters. The molecule has 1 heterocycles. The van der Waals surface area contributed by atoms with E-state index in [1.807, 2.05) is 0 Å². The van der Waals surface area contributed by atoms with Gasteiger partial charge in [-0.1, -0.05) is 0 Å². The lowest BCUT2D eigenvalue weighted by molar-refractivity contribution is -0.938. The van der Waals surface area contributed by atoms with E-state index in [0.717, 1.165) is 6.54 Å². The van der Waals surface area contributed by atoms with Crippen molar-refractivity contribution in [3.8, 4) is 0 Å². The molecule has 1 fully saturated rings. The zero-order valence-electron chi connectivity index (χ0n) is 6.35. The molecule has 0 amide bonds. The van der Waals surface area contributed by atoms with Crippen molar-refractivity contribution in [2.45, 2.75) is 12.8 Å². The number of carbonyl (C=O) groups excluding carboxylic acids is 1. The molecule has 3 nitrogen and oxygen atoms in total. The largest absolute Gasteiger partial charge is 0.469 e. The second-order valence-corrected chi connectivity index (χ2v) is 2.68. The number of quaternary nitrogens is 1. The summed E-state index contributed by atoms with van der Waals surface area (Å²) in [6.45, 7) is 3.42. The van der Waals surface area contributed by atoms with E-state index in [9.17, 15) is 4.79 Å². The quantitative estimate of drug-likeness (QED) is 0.506. The molecule has 0 saturated carbocycles. The van der Waals surface area contributed by atoms with E-state index in [1.165, 1.54) is 31.5 Å². The first-order chi connectivity index (χ1) is 4.83. The number of methoxy groups -OCH3 is 1. The van der Waals surface area contributed by atoms with Crippen molar-refractivity contribution < 1.29 is 14.4 Å². The lowest BCUT2D eigenvalue weighted by atomic mass is 10.2. The Labute approximate surface area is 61.0 Å². The van der Waals surface area contributed by atoms with Gasteiger partial charge in [-0.05, 0) is 0 Å². The van der Waals surface area contributed by atoms with Crippen molar-refractivity contribution >= 4 is 5.97 Å². The number of likely N-dealkylation sites (tertiary alicyclic amines) is 1. The van der Waals surface area contributed by atoms with E-state index >= 15 is 0 Å². The fraction of sp³-hybridized carbons (Fsp3) is 0.857. The van der Waals surface area contributed by atoms with Crippen LogP contribution in [0.5, 0.6) is 0 Å². The summed E-state index contributed by atoms with van der Waals surface area (Å²) in [7, 11) is 1.44. The number of hydrogen-bond acceptors (Lipinski definition) is 2. The second-order valence-electron chi connectivity index (χ2n) is 2.68. The average Bonchev–Trinajstić information content (AvgIpc) is 1.84. The van der Waals surface area contributed by atoms with Gasteiger partial charge >= 0.3 is 5.97 Å². The van der Waals surface area contributed by atoms with Gasteiger partial charge in [0.1, 0.15) is 0 Å². The number of ether oxygens (including phenoxy) is 1. The van der Waals surface area contributed by atoms with Crippen LogP contribution in [0.15, 0.2) is 0 Å². The lowest BCUT2D eigenvalue weighted by Gasteiger charge is -2.26. The molecule has 0 aromatic heterocycles. The molecule has 0 spiro atoms. The Morgan fingerprint density at radius 1 is 1.60 bits per heavy atom. The van der Waals surface area contributed by atoms with E-state index in [4.69, 9.17) is 0 Å². The van der Waals surface area contributed by atoms with Gasteiger partial charge < -0.3 is 9.64 Å². The van der Waals surface area contributed by atoms with Gasteiger partial charge in [-0.15, -0.1) is 0 Å². The van der Waals surface area contributed by atoms with Crippen LogP contribution >= 0.6 is 0 Å². The first kappa shape index (κ1) is 7.54. The van der Waals surface area contributed by atoms with Crippen molar-refractivity contribution in [1.82, 2.24) is 0 Å². The van der Waals surface area contributed by atoms with Gasteiger partial charge in [0.25, 0.3) is 0 Å². The van der Waals surface area contributed by atoms with E-state index in [0.29, 0.717) is 6.42 Å². The Morgan fingerprint density at radius 2 is 2.30 bits per heavy atom. The zero-order valence-corrected chi connectivity index (χ0v) is 6.35. The van der Waals surface area contributed by atoms with Gasteiger partial charge in [0.2, 0.25) is 0 Å². The number of esters is 1. The highest BCUT2D eigenvalue weighted by Gasteiger charge is 2.18. The summed E-state index contributed by atoms with van der Waals surface area (Å²) in [5.74, 6) is -0.0839. The van der Waals surface area contributed by atoms with Crippen molar-refractivity contribution in [2.75, 3.05) is 26.7 Å². The van der Waals surface area contributed by atoms with E-state index in [2.05, 4.69) is 4.74 Å². The third kappa shape index (κ3) is 1.99. The molecule has 3 heteroatoms. The fourth-order valence-corrected chi connectivity index (χ4v) is 1.06. The monoisotopic (exact) mass is 144 g/mol. The Kier molecular flexibility index (Phi) is 2.68. The highest BCUT2D eigenvalue weighted by Crippen LogP contribution is 1.82. The summed E-state index contributed by atoms with van der Waals surface area (Å²) >= 11 is 0. The minimum atomic E-state index is -0.0839. The summed E-state index contributed by atoms with van der Waals surface area (Å²) in [5, 5.41) is 0. The first-order valence-electron chi connectivity index (χ1n) is 3.73. The molecule has 1 saturated heterocycles. The van der Waals surface area contributed by atoms with Crippen LogP contribution in [0.4, 0.5) is 0 Å². The van der Waals surface area contributed by atoms with Crippen LogP contribution in [-0.2, 0) is 9.53 Å². The Morgan fingerprint density at radius 3 is 2.70 bits per heavy atom. The molecule has 0 aromatic rings. The van der Waals surface area contributed by atoms with Crippen LogP contribution in [0.1, 0.15) is 12.8 Å². The zero-order chi connectivity index (χ0) is 7.40. The number of carbonyl (C=O) groups is 1. The Balaban J connectivity index is 1.98. The lowest BCUT2D eigenvalue weighted by Crippen LogP contribution is -3.17. The van der Waals surface area contributed by atoms with Gasteiger partial charge in [-0.3, -0.25) is 4.79 Å². The van der Waals surface area contributed by atoms with Crippen LogP contribution in [0, 0.1) is 0 Å². The van der Waals surface area contributed by atoms with E-state index in [1.54, 1.807) is 0 Å². The van der Waals surface area contributed by atoms with Gasteiger partial charge in [0, 0.05) is 6.42 Å². The Hall–Kier alpha value is -0.570. The molecule has 0 aliphatic carbocycles. The molecule has 0 bridgehead atoms. The van der Waals surface area contributed by atoms with Crippen LogP contribution < -0.4 is 4.90 Å². The smallest absolute Gasteiger partial charge is 0.311 e. The predicted octanol–water partition coefficient (Wildman–Crippen LogP) is -1.16. The van der Waals surface area contributed by atoms with Crippen molar-refractivity contribution in [2.24, 2.45) is 0 Å². The highest BCUT2D eigenvalue weighted by molar-refractivity contribution is 5.69. The summed E-state index contributed by atoms with van der Waals surface area (Å²) in [6.07, 6.45) is 1.89. The van der Waals surface area contributed by atoms with Crippen LogP contribution in [0.2, 0.25) is 0 Å². The molecule has 0 aromatic carbocycles. The van der Waals surface area contributed by atoms with Crippen LogP contribution in [-0.4, -0.2) is 32.7 Å². The minimum absolute atomic E-state index is 0.0839. The Bertz CT molecular complexity index is 121. The maximum atomic E-state index is 10.6. The standard InChI is InChI=1S/C7H13NO2/c1-10-7(9)3-6-8-4-2-5-8/h2-6H2,1H3/p+1. The minimum Gasteiger partial charge on any atom is -0.469 e. The predicted molar refractivity (Wildman–Crippen MR) is 36.8 cm³/mol. The van der Waals surface area contributed by atoms with Gasteiger partial charge in [0.05, 0.1) is 33.2 Å². The average molecular weight is 144 g/mol. The second kappa shape index (κ2) is 3.56. The molecular formula is C7H14NO2+. The summed E-state index contributed by atoms with van der Waals surface area (Å²) < 4.78 is 4.52. The molecule has 0 unspecified atom stereocenters. The first-order valence-corrected chi connectivity index (χ1v) is 3.73. The summed E-state index contributed by atoms with van der Waals surface area (Å²) in [4.78, 5) is 12.2. The van der Waals surface area contributed by atoms with Gasteiger partial charge in [-0.25, -0.2) is 0 Å². The molecule has 0 radical (unpaired) electrons. The number of nitrogens with one attached hydrogen (secondary N) is 1. The molecule has 1 rings (SSSR count). The fourth-order valence-electron chi connectivity index (χ4n) is 1.06. The molecule has 1 aliphatic heterocycles. The maximum Gasteiger partial charge on any atom is 0.311 e. The van der Waals surface area contributed by atoms with Crippen molar-refractivity contribution in [3.63, 3.8) is 0 Å². The van der Waals surface area contributed by atoms with E-state index in [-0.39, 0.29) is 5.97 Å². The number of hydrogen-bond donors (Lipinski definition) is 1. The molecule has 1 N–H and O–H groups in total. The third-order valence-corrected chi connectivity index (χ3v) is 1.97. The summed E-state index contributed by atoms with van der Waals surface area (Å²) in [5.41, 5.74) is 0. The normalized spacial score (nSPS) is 18.1. The highest BCUT2D eigenvalue weighted by atomic mass is 16.5. The summed E-state index contributed by atoms with van der Waals surface area (Å²) in [6, 6.07) is 0. The van der Waals surface area contributed by atoms with Gasteiger partial charge in [0.15, 0.2) is 0 Å². The third-order valence-electron chi connectivity index (χ3n) is 1.97. The number of rotatable bonds is 3. The van der Waals surface area contributed by atoms with Crippen LogP contribution in [0.3, 0.4) is 0 Å². The molecular weight excluding hydrogens is 130 g/mol. The van der Waals surface area contributed by atoms with Crippen molar-refractivity contribution in [3.05, 3.63) is 0 Å². The molecule has 1 aliphatic rings. The topological polar surface area (TPSA) is 30.7 Å². The molecule has 58 valence electrons. The molecule has 10 heavy (non-hydrogen) atoms. The van der Waals surface area contributed by atoms with Crippen molar-refractivity contribution in [1.29, 1.82) is 0 Å². The van der Waals surface area contributed by atoms with Crippen LogP contribution in [0.25, 0.3) is 0 Å².